The number of rotatable bonds is 6. The van der Waals surface area contributed by atoms with Gasteiger partial charge in [-0.15, -0.1) is 10.2 Å². The summed E-state index contributed by atoms with van der Waals surface area (Å²) in [6, 6.07) is 28.4. The number of pyridine rings is 4. The van der Waals surface area contributed by atoms with Crippen LogP contribution < -0.4 is 0 Å². The van der Waals surface area contributed by atoms with E-state index in [9.17, 15) is 31.9 Å². The summed E-state index contributed by atoms with van der Waals surface area (Å²) >= 11 is 0. The highest BCUT2D eigenvalue weighted by atomic mass is 19.4. The van der Waals surface area contributed by atoms with Gasteiger partial charge >= 0.3 is 6.18 Å². The van der Waals surface area contributed by atoms with Gasteiger partial charge in [0.05, 0.1) is 11.0 Å². The lowest BCUT2D eigenvalue weighted by Gasteiger charge is -2.50. The fourth-order valence-corrected chi connectivity index (χ4v) is 12.5. The minimum absolute atomic E-state index is 0. The number of fused-ring (bicyclic) bond motifs is 8. The average molecular weight is 983 g/mol. The molecule has 0 unspecified atom stereocenters. The highest BCUT2D eigenvalue weighted by molar-refractivity contribution is 5.81. The van der Waals surface area contributed by atoms with Crippen molar-refractivity contribution in [1.82, 2.24) is 39.6 Å². The molecule has 10 nitrogen and oxygen atoms in total. The Bertz CT molecular complexity index is 3200. The number of aryl methyl sites for hydroxylation is 2. The SMILES string of the molecule is C.C.O=C1CC[C@@]2(Cc3ccccn3)c3cn4nnc(-c5ccc(F)cc5)c4cc3CCC[C@@H]2C1.O[C@]1(C(F)(F)F)CC[C@@]2(Cc3ccccn3)c3cn4nnc(-c5ccc(F)cc5)c4cc3CCC[C@@H]2C1. The summed E-state index contributed by atoms with van der Waals surface area (Å²) < 4.78 is 72.2. The highest BCUT2D eigenvalue weighted by Crippen LogP contribution is 2.57. The van der Waals surface area contributed by atoms with Crippen molar-refractivity contribution >= 4 is 16.8 Å². The number of alkyl halides is 3. The second-order valence-electron chi connectivity index (χ2n) is 19.9. The lowest BCUT2D eigenvalue weighted by molar-refractivity contribution is -0.279. The van der Waals surface area contributed by atoms with Crippen molar-refractivity contribution in [3.63, 3.8) is 0 Å². The van der Waals surface area contributed by atoms with Gasteiger partial charge in [-0.25, -0.2) is 17.8 Å². The van der Waals surface area contributed by atoms with Crippen molar-refractivity contribution in [1.29, 1.82) is 0 Å². The maximum Gasteiger partial charge on any atom is 0.417 e. The third-order valence-electron chi connectivity index (χ3n) is 16.0. The molecule has 0 saturated heterocycles. The molecule has 0 aliphatic heterocycles. The van der Waals surface area contributed by atoms with Gasteiger partial charge in [0.15, 0.2) is 5.60 Å². The number of halogens is 5. The third-order valence-corrected chi connectivity index (χ3v) is 16.0. The van der Waals surface area contributed by atoms with Gasteiger partial charge in [-0.2, -0.15) is 13.2 Å². The molecule has 4 aliphatic rings. The van der Waals surface area contributed by atoms with Gasteiger partial charge in [-0.05, 0) is 196 Å². The Balaban J connectivity index is 0.000000174. The van der Waals surface area contributed by atoms with Gasteiger partial charge in [0.25, 0.3) is 0 Å². The number of aliphatic hydroxyl groups is 1. The number of hydrogen-bond donors (Lipinski definition) is 1. The van der Waals surface area contributed by atoms with Crippen molar-refractivity contribution in [3.05, 3.63) is 167 Å². The summed E-state index contributed by atoms with van der Waals surface area (Å²) in [5, 5.41) is 28.2. The van der Waals surface area contributed by atoms with E-state index in [4.69, 9.17) is 0 Å². The zero-order chi connectivity index (χ0) is 48.3. The first kappa shape index (κ1) is 50.2. The first-order valence-electron chi connectivity index (χ1n) is 24.2. The van der Waals surface area contributed by atoms with Gasteiger partial charge < -0.3 is 5.11 Å². The number of hydrogen-bond acceptors (Lipinski definition) is 8. The molecule has 6 aromatic heterocycles. The van der Waals surface area contributed by atoms with E-state index in [0.717, 1.165) is 82.5 Å². The average Bonchev–Trinajstić information content (AvgIpc) is 3.89. The molecule has 2 aromatic carbocycles. The van der Waals surface area contributed by atoms with E-state index in [2.05, 4.69) is 48.9 Å². The monoisotopic (exact) mass is 982 g/mol. The van der Waals surface area contributed by atoms with Gasteiger partial charge in [0, 0.05) is 71.0 Å². The van der Waals surface area contributed by atoms with Gasteiger partial charge in [0.2, 0.25) is 0 Å². The van der Waals surface area contributed by atoms with Gasteiger partial charge in [0.1, 0.15) is 28.8 Å². The van der Waals surface area contributed by atoms with Crippen molar-refractivity contribution < 1.29 is 31.9 Å². The number of Topliss-reactive ketones (excluding diaryl/α,β-unsaturated/α-hetero) is 1. The Labute approximate surface area is 415 Å². The second kappa shape index (κ2) is 19.7. The Kier molecular flexibility index (Phi) is 13.7. The summed E-state index contributed by atoms with van der Waals surface area (Å²) in [5.41, 5.74) is 7.67. The fraction of sp³-hybridized carbons (Fsp3) is 0.386. The first-order valence-corrected chi connectivity index (χ1v) is 24.2. The molecule has 4 aliphatic carbocycles. The van der Waals surface area contributed by atoms with Crippen LogP contribution in [0, 0.1) is 23.5 Å². The van der Waals surface area contributed by atoms with E-state index in [1.54, 1.807) is 35.0 Å². The number of carbonyl (C=O) groups is 1. The number of aromatic nitrogens is 8. The molecule has 0 amide bonds. The maximum absolute atomic E-state index is 13.9. The van der Waals surface area contributed by atoms with Crippen LogP contribution in [0.1, 0.15) is 113 Å². The number of benzene rings is 2. The van der Waals surface area contributed by atoms with E-state index >= 15 is 0 Å². The number of nitrogens with zero attached hydrogens (tertiary/aromatic N) is 8. The smallest absolute Gasteiger partial charge is 0.380 e. The van der Waals surface area contributed by atoms with Crippen LogP contribution in [-0.2, 0) is 41.3 Å². The molecule has 72 heavy (non-hydrogen) atoms. The van der Waals surface area contributed by atoms with Crippen molar-refractivity contribution in [2.24, 2.45) is 11.8 Å². The fourth-order valence-electron chi connectivity index (χ4n) is 12.5. The summed E-state index contributed by atoms with van der Waals surface area (Å²) in [6.07, 6.45) is 10.8. The Morgan fingerprint density at radius 3 is 1.58 bits per heavy atom. The molecule has 0 bridgehead atoms. The predicted molar refractivity (Wildman–Crippen MR) is 266 cm³/mol. The van der Waals surface area contributed by atoms with E-state index in [0.29, 0.717) is 55.9 Å². The molecule has 5 atom stereocenters. The minimum Gasteiger partial charge on any atom is -0.380 e. The zero-order valence-corrected chi connectivity index (χ0v) is 38.4. The summed E-state index contributed by atoms with van der Waals surface area (Å²) in [7, 11) is 0. The summed E-state index contributed by atoms with van der Waals surface area (Å²) in [6.45, 7) is 0. The van der Waals surface area contributed by atoms with Crippen molar-refractivity contribution in [2.45, 2.75) is 127 Å². The van der Waals surface area contributed by atoms with Crippen molar-refractivity contribution in [2.75, 3.05) is 0 Å². The van der Waals surface area contributed by atoms with Crippen LogP contribution in [0.25, 0.3) is 33.5 Å². The van der Waals surface area contributed by atoms with Crippen LogP contribution >= 0.6 is 0 Å². The molecule has 1 N–H and O–H groups in total. The molecule has 15 heteroatoms. The molecule has 8 aromatic rings. The largest absolute Gasteiger partial charge is 0.417 e. The van der Waals surface area contributed by atoms with E-state index in [1.165, 1.54) is 35.4 Å². The molecule has 0 radical (unpaired) electrons. The molecular weight excluding hydrogens is 924 g/mol. The Morgan fingerprint density at radius 2 is 1.11 bits per heavy atom. The lowest BCUT2D eigenvalue weighted by atomic mass is 9.56. The third kappa shape index (κ3) is 9.09. The number of carbonyl (C=O) groups excluding carboxylic acids is 1. The highest BCUT2D eigenvalue weighted by Gasteiger charge is 2.61. The second-order valence-corrected chi connectivity index (χ2v) is 19.9. The van der Waals surface area contributed by atoms with Crippen LogP contribution in [0.2, 0.25) is 0 Å². The molecule has 2 saturated carbocycles. The summed E-state index contributed by atoms with van der Waals surface area (Å²) in [4.78, 5) is 21.6. The van der Waals surface area contributed by atoms with Crippen LogP contribution in [0.5, 0.6) is 0 Å². The molecule has 374 valence electrons. The van der Waals surface area contributed by atoms with Crippen LogP contribution in [0.4, 0.5) is 22.0 Å². The van der Waals surface area contributed by atoms with Gasteiger partial charge in [-0.3, -0.25) is 14.8 Å². The molecule has 12 rings (SSSR count). The standard InChI is InChI=1S/C28H26F4N4O.C27H25FN4O.2CH4/c29-21-9-7-18(8-10-21)25-24-14-19-4-3-5-20-15-27(37,28(30,31)32)12-11-26(20,16-22-6-1-2-13-33-22)23(19)17-36(24)35-34-25;28-21-9-7-18(8-10-21)26-25-14-19-4-3-5-20-15-23(33)11-12-27(20,16-22-6-1-2-13-29-22)24(19)17-32(25)31-30-26;;/h1-2,6-10,13-14,17,20,37H,3-5,11-12,15-16H2;1-2,6-10,13-14,17,20H,3-5,11-12,15-16H2;2*1H4/t20-,26+,27-;20-,27+;;/m11../s1. The lowest BCUT2D eigenvalue weighted by Crippen LogP contribution is -2.55. The van der Waals surface area contributed by atoms with E-state index in [-0.39, 0.29) is 57.1 Å². The van der Waals surface area contributed by atoms with Crippen LogP contribution in [0.15, 0.2) is 122 Å². The number of ketones is 1. The predicted octanol–water partition coefficient (Wildman–Crippen LogP) is 12.2. The Hall–Kier alpha value is -6.74. The van der Waals surface area contributed by atoms with Crippen LogP contribution in [-0.4, -0.2) is 62.3 Å². The molecule has 6 heterocycles. The maximum atomic E-state index is 13.9. The molecule has 0 spiro atoms. The molecule has 2 fully saturated rings. The van der Waals surface area contributed by atoms with Crippen LogP contribution in [0.3, 0.4) is 0 Å². The zero-order valence-electron chi connectivity index (χ0n) is 38.4. The van der Waals surface area contributed by atoms with Gasteiger partial charge in [-0.1, -0.05) is 37.4 Å². The van der Waals surface area contributed by atoms with E-state index in [1.807, 2.05) is 53.3 Å². The first-order chi connectivity index (χ1) is 33.8. The topological polar surface area (TPSA) is 123 Å². The normalized spacial score (nSPS) is 23.7. The Morgan fingerprint density at radius 1 is 0.625 bits per heavy atom. The molecular formula is C57H59F5N8O2. The van der Waals surface area contributed by atoms with Crippen molar-refractivity contribution in [3.8, 4) is 22.5 Å². The van der Waals surface area contributed by atoms with E-state index < -0.39 is 17.2 Å². The summed E-state index contributed by atoms with van der Waals surface area (Å²) in [5.74, 6) is -0.306. The quantitative estimate of drug-likeness (QED) is 0.163. The minimum atomic E-state index is -4.68.